The van der Waals surface area contributed by atoms with Crippen LogP contribution in [0.4, 0.5) is 4.39 Å². The molecule has 0 radical (unpaired) electrons. The predicted octanol–water partition coefficient (Wildman–Crippen LogP) is 1.94. The van der Waals surface area contributed by atoms with Crippen LogP contribution < -0.4 is 0 Å². The van der Waals surface area contributed by atoms with E-state index >= 15 is 0 Å². The van der Waals surface area contributed by atoms with Gasteiger partial charge < -0.3 is 4.90 Å². The minimum Gasteiger partial charge on any atom is -0.335 e. The van der Waals surface area contributed by atoms with Crippen LogP contribution in [0, 0.1) is 5.82 Å². The number of nitrogens with zero attached hydrogens (tertiary/aromatic N) is 2. The van der Waals surface area contributed by atoms with Gasteiger partial charge in [0.15, 0.2) is 0 Å². The van der Waals surface area contributed by atoms with Crippen LogP contribution in [0.1, 0.15) is 37.9 Å². The molecule has 0 saturated carbocycles. The summed E-state index contributed by atoms with van der Waals surface area (Å²) in [5, 5.41) is 0. The van der Waals surface area contributed by atoms with Crippen molar-refractivity contribution in [3.63, 3.8) is 0 Å². The molecule has 1 atom stereocenters. The molecule has 5 nitrogen and oxygen atoms in total. The lowest BCUT2D eigenvalue weighted by molar-refractivity contribution is -0.131. The Labute approximate surface area is 137 Å². The van der Waals surface area contributed by atoms with E-state index in [1.54, 1.807) is 24.8 Å². The second-order valence-electron chi connectivity index (χ2n) is 5.70. The van der Waals surface area contributed by atoms with Crippen LogP contribution in [0.15, 0.2) is 18.2 Å². The highest BCUT2D eigenvalue weighted by Gasteiger charge is 2.31. The van der Waals surface area contributed by atoms with Gasteiger partial charge in [-0.3, -0.25) is 4.79 Å². The van der Waals surface area contributed by atoms with Gasteiger partial charge in [0.2, 0.25) is 15.9 Å². The first-order valence-corrected chi connectivity index (χ1v) is 9.46. The molecule has 1 aliphatic rings. The standard InChI is InChI=1S/C16H23FN2O3S/c1-4-18(5-2)23(21,22)11-16(20)19-9-8-13-10-14(17)6-7-15(13)12(19)3/h6-7,10,12H,4-5,8-9,11H2,1-3H3/t12-/m0/s1. The number of hydrogen-bond acceptors (Lipinski definition) is 3. The van der Waals surface area contributed by atoms with Crippen molar-refractivity contribution in [2.45, 2.75) is 33.2 Å². The van der Waals surface area contributed by atoms with Crippen LogP contribution in [0.5, 0.6) is 0 Å². The molecule has 0 spiro atoms. The zero-order chi connectivity index (χ0) is 17.2. The second kappa shape index (κ2) is 6.97. The minimum atomic E-state index is -3.60. The third kappa shape index (κ3) is 3.72. The molecule has 1 amide bonds. The lowest BCUT2D eigenvalue weighted by Gasteiger charge is -2.35. The molecule has 128 valence electrons. The Bertz CT molecular complexity index is 687. The molecule has 0 N–H and O–H groups in total. The highest BCUT2D eigenvalue weighted by atomic mass is 32.2. The van der Waals surface area contributed by atoms with Crippen LogP contribution in [0.2, 0.25) is 0 Å². The van der Waals surface area contributed by atoms with Crippen molar-refractivity contribution < 1.29 is 17.6 Å². The van der Waals surface area contributed by atoms with Crippen LogP contribution in [0.25, 0.3) is 0 Å². The fourth-order valence-corrected chi connectivity index (χ4v) is 4.54. The van der Waals surface area contributed by atoms with E-state index in [9.17, 15) is 17.6 Å². The molecule has 1 aliphatic heterocycles. The molecule has 0 aliphatic carbocycles. The molecular weight excluding hydrogens is 319 g/mol. The number of amides is 1. The van der Waals surface area contributed by atoms with E-state index in [1.807, 2.05) is 6.92 Å². The van der Waals surface area contributed by atoms with Gasteiger partial charge in [-0.1, -0.05) is 19.9 Å². The van der Waals surface area contributed by atoms with Gasteiger partial charge in [0.05, 0.1) is 6.04 Å². The first kappa shape index (κ1) is 17.9. The molecule has 7 heteroatoms. The minimum absolute atomic E-state index is 0.251. The van der Waals surface area contributed by atoms with Gasteiger partial charge >= 0.3 is 0 Å². The fraction of sp³-hybridized carbons (Fsp3) is 0.562. The first-order valence-electron chi connectivity index (χ1n) is 7.85. The summed E-state index contributed by atoms with van der Waals surface area (Å²) in [5.41, 5.74) is 1.76. The lowest BCUT2D eigenvalue weighted by Crippen LogP contribution is -2.44. The maximum absolute atomic E-state index is 13.3. The molecule has 0 fully saturated rings. The van der Waals surface area contributed by atoms with Gasteiger partial charge in [0, 0.05) is 19.6 Å². The number of fused-ring (bicyclic) bond motifs is 1. The van der Waals surface area contributed by atoms with Gasteiger partial charge in [0.1, 0.15) is 11.6 Å². The third-order valence-electron chi connectivity index (χ3n) is 4.37. The third-order valence-corrected chi connectivity index (χ3v) is 6.28. The summed E-state index contributed by atoms with van der Waals surface area (Å²) in [4.78, 5) is 14.1. The van der Waals surface area contributed by atoms with Crippen molar-refractivity contribution in [1.29, 1.82) is 0 Å². The first-order chi connectivity index (χ1) is 10.8. The average molecular weight is 342 g/mol. The van der Waals surface area contributed by atoms with Gasteiger partial charge in [0.25, 0.3) is 0 Å². The maximum Gasteiger partial charge on any atom is 0.239 e. The van der Waals surface area contributed by atoms with Crippen LogP contribution >= 0.6 is 0 Å². The Balaban J connectivity index is 2.17. The van der Waals surface area contributed by atoms with Crippen molar-refractivity contribution in [2.75, 3.05) is 25.4 Å². The van der Waals surface area contributed by atoms with Gasteiger partial charge in [-0.05, 0) is 36.6 Å². The maximum atomic E-state index is 13.3. The van der Waals surface area contributed by atoms with Crippen molar-refractivity contribution in [1.82, 2.24) is 9.21 Å². The van der Waals surface area contributed by atoms with E-state index in [0.717, 1.165) is 11.1 Å². The van der Waals surface area contributed by atoms with Crippen LogP contribution in [-0.4, -0.2) is 48.9 Å². The van der Waals surface area contributed by atoms with Crippen molar-refractivity contribution in [2.24, 2.45) is 0 Å². The van der Waals surface area contributed by atoms with Gasteiger partial charge in [-0.25, -0.2) is 17.1 Å². The van der Waals surface area contributed by atoms with E-state index in [0.29, 0.717) is 26.1 Å². The number of halogens is 1. The summed E-state index contributed by atoms with van der Waals surface area (Å²) < 4.78 is 39.1. The number of carbonyl (C=O) groups is 1. The van der Waals surface area contributed by atoms with E-state index in [-0.39, 0.29) is 11.9 Å². The normalized spacial score (nSPS) is 18.1. The molecule has 1 aromatic rings. The summed E-state index contributed by atoms with van der Waals surface area (Å²) in [5.74, 6) is -1.21. The summed E-state index contributed by atoms with van der Waals surface area (Å²) in [7, 11) is -3.60. The van der Waals surface area contributed by atoms with Crippen LogP contribution in [0.3, 0.4) is 0 Å². The highest BCUT2D eigenvalue weighted by Crippen LogP contribution is 2.30. The second-order valence-corrected chi connectivity index (χ2v) is 7.67. The largest absolute Gasteiger partial charge is 0.335 e. The van der Waals surface area contributed by atoms with E-state index in [4.69, 9.17) is 0 Å². The fourth-order valence-electron chi connectivity index (χ4n) is 3.09. The van der Waals surface area contributed by atoms with Gasteiger partial charge in [-0.2, -0.15) is 0 Å². The summed E-state index contributed by atoms with van der Waals surface area (Å²) in [6, 6.07) is 4.28. The number of rotatable bonds is 5. The Hall–Kier alpha value is -1.47. The average Bonchev–Trinajstić information content (AvgIpc) is 2.47. The van der Waals surface area contributed by atoms with Crippen molar-refractivity contribution in [3.8, 4) is 0 Å². The van der Waals surface area contributed by atoms with Crippen molar-refractivity contribution >= 4 is 15.9 Å². The summed E-state index contributed by atoms with van der Waals surface area (Å²) in [6.07, 6.45) is 0.536. The monoisotopic (exact) mass is 342 g/mol. The molecule has 0 aromatic heterocycles. The zero-order valence-electron chi connectivity index (χ0n) is 13.8. The Kier molecular flexibility index (Phi) is 5.41. The Morgan fingerprint density at radius 2 is 2.00 bits per heavy atom. The molecule has 0 saturated heterocycles. The summed E-state index contributed by atoms with van der Waals surface area (Å²) >= 11 is 0. The lowest BCUT2D eigenvalue weighted by atomic mass is 9.93. The van der Waals surface area contributed by atoms with E-state index in [2.05, 4.69) is 0 Å². The molecule has 23 heavy (non-hydrogen) atoms. The molecule has 0 unspecified atom stereocenters. The number of sulfonamides is 1. The zero-order valence-corrected chi connectivity index (χ0v) is 14.6. The quantitative estimate of drug-likeness (QED) is 0.822. The molecular formula is C16H23FN2O3S. The number of benzene rings is 1. The van der Waals surface area contributed by atoms with Crippen LogP contribution in [-0.2, 0) is 21.2 Å². The molecule has 2 rings (SSSR count). The van der Waals surface area contributed by atoms with E-state index in [1.165, 1.54) is 16.4 Å². The topological polar surface area (TPSA) is 57.7 Å². The highest BCUT2D eigenvalue weighted by molar-refractivity contribution is 7.89. The predicted molar refractivity (Wildman–Crippen MR) is 86.9 cm³/mol. The number of carbonyl (C=O) groups excluding carboxylic acids is 1. The number of hydrogen-bond donors (Lipinski definition) is 0. The Morgan fingerprint density at radius 3 is 2.61 bits per heavy atom. The Morgan fingerprint density at radius 1 is 1.35 bits per heavy atom. The molecule has 1 heterocycles. The van der Waals surface area contributed by atoms with E-state index < -0.39 is 21.7 Å². The smallest absolute Gasteiger partial charge is 0.239 e. The summed E-state index contributed by atoms with van der Waals surface area (Å²) in [6.45, 7) is 6.45. The van der Waals surface area contributed by atoms with Crippen molar-refractivity contribution in [3.05, 3.63) is 35.1 Å². The SMILES string of the molecule is CCN(CC)S(=O)(=O)CC(=O)N1CCc2cc(F)ccc2[C@@H]1C. The molecule has 0 bridgehead atoms. The molecule has 1 aromatic carbocycles. The van der Waals surface area contributed by atoms with Gasteiger partial charge in [-0.15, -0.1) is 0 Å².